The summed E-state index contributed by atoms with van der Waals surface area (Å²) in [6.07, 6.45) is 9.63. The number of aryl methyl sites for hydroxylation is 1. The minimum Gasteiger partial charge on any atom is -0.333 e. The van der Waals surface area contributed by atoms with Crippen LogP contribution in [0.2, 0.25) is 0 Å². The van der Waals surface area contributed by atoms with Crippen LogP contribution >= 0.6 is 0 Å². The van der Waals surface area contributed by atoms with E-state index in [0.717, 1.165) is 30.5 Å². The molecule has 130 valence electrons. The topological polar surface area (TPSA) is 88.3 Å². The quantitative estimate of drug-likeness (QED) is 0.778. The number of imidazole rings is 1. The maximum Gasteiger partial charge on any atom is 0.259 e. The molecule has 0 spiro atoms. The molecule has 3 aromatic heterocycles. The third kappa shape index (κ3) is 2.95. The fourth-order valence-corrected chi connectivity index (χ4v) is 3.46. The van der Waals surface area contributed by atoms with Crippen molar-refractivity contribution < 1.29 is 4.79 Å². The smallest absolute Gasteiger partial charge is 0.259 e. The van der Waals surface area contributed by atoms with Gasteiger partial charge in [-0.15, -0.1) is 0 Å². The van der Waals surface area contributed by atoms with Crippen molar-refractivity contribution in [1.82, 2.24) is 29.0 Å². The number of amides is 1. The van der Waals surface area contributed by atoms with Gasteiger partial charge in [0.05, 0.1) is 12.2 Å². The van der Waals surface area contributed by atoms with Gasteiger partial charge in [-0.3, -0.25) is 18.7 Å². The standard InChI is InChI=1S/C17H20N6O2/c1-12-9-19-21(10-12)11-16(25)22-6-3-2-4-14(22)13-8-15(24)23-7-5-18-17(23)20-13/h5,7-10,14H,2-4,6,11H2,1H3,(H,18,20)/t14-/m0/s1. The van der Waals surface area contributed by atoms with Gasteiger partial charge >= 0.3 is 0 Å². The second kappa shape index (κ2) is 6.19. The predicted molar refractivity (Wildman–Crippen MR) is 91.1 cm³/mol. The fraction of sp³-hybridized carbons (Fsp3) is 0.412. The molecule has 0 aliphatic carbocycles. The van der Waals surface area contributed by atoms with Gasteiger partial charge in [-0.25, -0.2) is 4.98 Å². The zero-order valence-corrected chi connectivity index (χ0v) is 14.1. The van der Waals surface area contributed by atoms with Crippen LogP contribution < -0.4 is 5.56 Å². The second-order valence-electron chi connectivity index (χ2n) is 6.50. The first kappa shape index (κ1) is 15.6. The third-order valence-corrected chi connectivity index (χ3v) is 4.66. The van der Waals surface area contributed by atoms with Crippen molar-refractivity contribution in [1.29, 1.82) is 0 Å². The molecule has 1 N–H and O–H groups in total. The zero-order valence-electron chi connectivity index (χ0n) is 14.1. The summed E-state index contributed by atoms with van der Waals surface area (Å²) in [6, 6.07) is 1.44. The van der Waals surface area contributed by atoms with E-state index in [9.17, 15) is 9.59 Å². The Morgan fingerprint density at radius 1 is 1.40 bits per heavy atom. The molecule has 4 rings (SSSR count). The summed E-state index contributed by atoms with van der Waals surface area (Å²) in [4.78, 5) is 34.3. The van der Waals surface area contributed by atoms with Crippen LogP contribution in [0.3, 0.4) is 0 Å². The van der Waals surface area contributed by atoms with Crippen molar-refractivity contribution in [2.75, 3.05) is 6.54 Å². The average molecular weight is 340 g/mol. The van der Waals surface area contributed by atoms with Crippen LogP contribution in [0.4, 0.5) is 0 Å². The van der Waals surface area contributed by atoms with Gasteiger partial charge in [0.2, 0.25) is 11.7 Å². The first-order valence-corrected chi connectivity index (χ1v) is 8.46. The number of aromatic nitrogens is 5. The van der Waals surface area contributed by atoms with E-state index in [1.165, 1.54) is 4.40 Å². The Bertz CT molecular complexity index is 969. The normalized spacial score (nSPS) is 18.0. The fourth-order valence-electron chi connectivity index (χ4n) is 3.46. The molecule has 0 aromatic carbocycles. The summed E-state index contributed by atoms with van der Waals surface area (Å²) < 4.78 is 3.12. The molecule has 0 radical (unpaired) electrons. The Morgan fingerprint density at radius 3 is 3.08 bits per heavy atom. The maximum absolute atomic E-state index is 12.8. The number of nitrogens with zero attached hydrogens (tertiary/aromatic N) is 5. The number of H-pyrrole nitrogens is 1. The van der Waals surface area contributed by atoms with Gasteiger partial charge in [0, 0.05) is 36.9 Å². The first-order chi connectivity index (χ1) is 12.1. The van der Waals surface area contributed by atoms with Gasteiger partial charge in [-0.05, 0) is 31.7 Å². The van der Waals surface area contributed by atoms with Crippen molar-refractivity contribution in [2.24, 2.45) is 0 Å². The number of nitrogens with one attached hydrogen (secondary N) is 1. The Morgan fingerprint density at radius 2 is 2.28 bits per heavy atom. The van der Waals surface area contributed by atoms with Gasteiger partial charge in [-0.1, -0.05) is 0 Å². The number of piperidine rings is 1. The molecule has 1 saturated heterocycles. The number of hydrogen-bond acceptors (Lipinski definition) is 4. The van der Waals surface area contributed by atoms with Crippen LogP contribution in [0.15, 0.2) is 35.6 Å². The zero-order chi connectivity index (χ0) is 17.4. The Hall–Kier alpha value is -2.90. The van der Waals surface area contributed by atoms with Crippen LogP contribution in [0, 0.1) is 6.92 Å². The van der Waals surface area contributed by atoms with E-state index < -0.39 is 0 Å². The number of rotatable bonds is 3. The van der Waals surface area contributed by atoms with Crippen LogP contribution in [-0.4, -0.2) is 41.5 Å². The second-order valence-corrected chi connectivity index (χ2v) is 6.50. The highest BCUT2D eigenvalue weighted by atomic mass is 16.2. The molecule has 1 atom stereocenters. The molecule has 25 heavy (non-hydrogen) atoms. The van der Waals surface area contributed by atoms with Crippen LogP contribution in [-0.2, 0) is 11.3 Å². The van der Waals surface area contributed by atoms with E-state index in [1.807, 2.05) is 18.0 Å². The van der Waals surface area contributed by atoms with Crippen molar-refractivity contribution in [3.8, 4) is 0 Å². The van der Waals surface area contributed by atoms with Crippen LogP contribution in [0.1, 0.15) is 36.6 Å². The van der Waals surface area contributed by atoms with Crippen molar-refractivity contribution in [3.63, 3.8) is 0 Å². The molecular weight excluding hydrogens is 320 g/mol. The number of fused-ring (bicyclic) bond motifs is 1. The highest BCUT2D eigenvalue weighted by molar-refractivity contribution is 5.76. The summed E-state index contributed by atoms with van der Waals surface area (Å²) in [5, 5.41) is 4.19. The minimum absolute atomic E-state index is 0.0110. The molecule has 8 heteroatoms. The van der Waals surface area contributed by atoms with Crippen molar-refractivity contribution in [3.05, 3.63) is 52.5 Å². The molecule has 0 unspecified atom stereocenters. The molecular formula is C17H20N6O2. The maximum atomic E-state index is 12.8. The largest absolute Gasteiger partial charge is 0.333 e. The predicted octanol–water partition coefficient (Wildman–Crippen LogP) is 1.28. The summed E-state index contributed by atoms with van der Waals surface area (Å²) in [7, 11) is 0. The summed E-state index contributed by atoms with van der Waals surface area (Å²) >= 11 is 0. The average Bonchev–Trinajstić information content (AvgIpc) is 3.24. The SMILES string of the molecule is Cc1cnn(CC(=O)N2CCCC[C@H]2c2cc(=O)n3ccnc3[nH]2)c1. The van der Waals surface area contributed by atoms with Gasteiger partial charge in [0.1, 0.15) is 6.54 Å². The van der Waals surface area contributed by atoms with E-state index in [0.29, 0.717) is 12.3 Å². The molecule has 8 nitrogen and oxygen atoms in total. The van der Waals surface area contributed by atoms with E-state index in [-0.39, 0.29) is 24.1 Å². The molecule has 0 saturated carbocycles. The number of carbonyl (C=O) groups excluding carboxylic acids is 1. The number of carbonyl (C=O) groups is 1. The van der Waals surface area contributed by atoms with Crippen LogP contribution in [0.5, 0.6) is 0 Å². The number of aromatic amines is 1. The minimum atomic E-state index is -0.137. The van der Waals surface area contributed by atoms with E-state index in [4.69, 9.17) is 0 Å². The van der Waals surface area contributed by atoms with Gasteiger partial charge in [0.15, 0.2) is 0 Å². The Labute approximate surface area is 144 Å². The van der Waals surface area contributed by atoms with Gasteiger partial charge in [0.25, 0.3) is 5.56 Å². The highest BCUT2D eigenvalue weighted by Crippen LogP contribution is 2.29. The molecule has 1 amide bonds. The van der Waals surface area contributed by atoms with Gasteiger partial charge < -0.3 is 9.88 Å². The van der Waals surface area contributed by atoms with E-state index in [1.54, 1.807) is 29.3 Å². The lowest BCUT2D eigenvalue weighted by Crippen LogP contribution is -2.41. The van der Waals surface area contributed by atoms with Crippen LogP contribution in [0.25, 0.3) is 5.78 Å². The molecule has 0 bridgehead atoms. The molecule has 1 aliphatic rings. The molecule has 1 fully saturated rings. The molecule has 1 aliphatic heterocycles. The monoisotopic (exact) mass is 340 g/mol. The lowest BCUT2D eigenvalue weighted by atomic mass is 9.99. The molecule has 3 aromatic rings. The van der Waals surface area contributed by atoms with Crippen molar-refractivity contribution >= 4 is 11.7 Å². The highest BCUT2D eigenvalue weighted by Gasteiger charge is 2.29. The lowest BCUT2D eigenvalue weighted by molar-refractivity contribution is -0.136. The first-order valence-electron chi connectivity index (χ1n) is 8.46. The summed E-state index contributed by atoms with van der Waals surface area (Å²) in [6.45, 7) is 2.84. The number of hydrogen-bond donors (Lipinski definition) is 1. The van der Waals surface area contributed by atoms with Gasteiger partial charge in [-0.2, -0.15) is 5.10 Å². The number of likely N-dealkylation sites (tertiary alicyclic amines) is 1. The van der Waals surface area contributed by atoms with Crippen molar-refractivity contribution in [2.45, 2.75) is 38.8 Å². The summed E-state index contributed by atoms with van der Waals surface area (Å²) in [5.41, 5.74) is 1.63. The third-order valence-electron chi connectivity index (χ3n) is 4.66. The Kier molecular flexibility index (Phi) is 3.87. The summed E-state index contributed by atoms with van der Waals surface area (Å²) in [5.74, 6) is 0.514. The Balaban J connectivity index is 1.63. The van der Waals surface area contributed by atoms with E-state index >= 15 is 0 Å². The lowest BCUT2D eigenvalue weighted by Gasteiger charge is -2.35. The van der Waals surface area contributed by atoms with E-state index in [2.05, 4.69) is 15.1 Å². The molecule has 4 heterocycles.